The van der Waals surface area contributed by atoms with Gasteiger partial charge in [0.1, 0.15) is 11.5 Å². The van der Waals surface area contributed by atoms with Crippen molar-refractivity contribution in [2.24, 2.45) is 0 Å². The molecule has 0 fully saturated rings. The summed E-state index contributed by atoms with van der Waals surface area (Å²) in [6, 6.07) is 13.3. The van der Waals surface area contributed by atoms with Crippen LogP contribution in [0.5, 0.6) is 0 Å². The minimum absolute atomic E-state index is 0.418. The van der Waals surface area contributed by atoms with Crippen LogP contribution in [0.3, 0.4) is 0 Å². The fourth-order valence-electron chi connectivity index (χ4n) is 1.91. The number of nitrogen functional groups attached to an aromatic ring is 1. The maximum atomic E-state index is 6.16. The number of anilines is 1. The summed E-state index contributed by atoms with van der Waals surface area (Å²) in [5.74, 6) is 0.846. The van der Waals surface area contributed by atoms with Crippen LogP contribution in [0.25, 0.3) is 22.8 Å². The minimum Gasteiger partial charge on any atom is -0.383 e. The number of benzene rings is 1. The van der Waals surface area contributed by atoms with Gasteiger partial charge in [0.05, 0.1) is 14.3 Å². The average molecular weight is 409 g/mol. The molecule has 0 spiro atoms. The van der Waals surface area contributed by atoms with E-state index in [1.807, 2.05) is 30.3 Å². The molecule has 0 unspecified atom stereocenters. The number of halogens is 2. The molecule has 3 rings (SSSR count). The number of hydrogen-bond acceptors (Lipinski definition) is 4. The number of rotatable bonds is 2. The first-order valence-corrected chi connectivity index (χ1v) is 7.62. The summed E-state index contributed by atoms with van der Waals surface area (Å²) >= 11 is 8.31. The van der Waals surface area contributed by atoms with E-state index in [9.17, 15) is 0 Å². The Labute approximate surface area is 140 Å². The molecule has 0 amide bonds. The van der Waals surface area contributed by atoms with E-state index in [4.69, 9.17) is 17.3 Å². The highest BCUT2D eigenvalue weighted by atomic mass is 127. The molecule has 21 heavy (non-hydrogen) atoms. The van der Waals surface area contributed by atoms with Crippen LogP contribution in [0, 0.1) is 3.57 Å². The smallest absolute Gasteiger partial charge is 0.182 e. The third kappa shape index (κ3) is 2.84. The molecule has 2 heterocycles. The molecular weight excluding hydrogens is 399 g/mol. The Morgan fingerprint density at radius 3 is 2.43 bits per heavy atom. The lowest BCUT2D eigenvalue weighted by Gasteiger charge is -2.09. The van der Waals surface area contributed by atoms with Crippen LogP contribution in [0.1, 0.15) is 0 Å². The SMILES string of the molecule is Nc1nc(-c2ncccc2Cl)nc(-c2ccccc2)c1I. The molecule has 0 saturated carbocycles. The van der Waals surface area contributed by atoms with Gasteiger partial charge >= 0.3 is 0 Å². The van der Waals surface area contributed by atoms with Crippen molar-refractivity contribution < 1.29 is 0 Å². The van der Waals surface area contributed by atoms with Crippen molar-refractivity contribution in [3.8, 4) is 22.8 Å². The predicted molar refractivity (Wildman–Crippen MR) is 92.8 cm³/mol. The van der Waals surface area contributed by atoms with Gasteiger partial charge in [-0.1, -0.05) is 41.9 Å². The highest BCUT2D eigenvalue weighted by Crippen LogP contribution is 2.30. The number of hydrogen-bond donors (Lipinski definition) is 1. The van der Waals surface area contributed by atoms with Gasteiger partial charge in [0.15, 0.2) is 5.82 Å². The Balaban J connectivity index is 2.22. The minimum atomic E-state index is 0.418. The van der Waals surface area contributed by atoms with Gasteiger partial charge in [-0.15, -0.1) is 0 Å². The first-order valence-electron chi connectivity index (χ1n) is 6.16. The van der Waals surface area contributed by atoms with E-state index in [0.717, 1.165) is 14.8 Å². The molecule has 0 aliphatic heterocycles. The second kappa shape index (κ2) is 5.95. The molecule has 0 atom stereocenters. The molecule has 0 saturated heterocycles. The fourth-order valence-corrected chi connectivity index (χ4v) is 2.67. The maximum absolute atomic E-state index is 6.16. The molecule has 6 heteroatoms. The van der Waals surface area contributed by atoms with E-state index in [1.54, 1.807) is 18.3 Å². The molecule has 2 N–H and O–H groups in total. The number of aromatic nitrogens is 3. The molecule has 1 aromatic carbocycles. The van der Waals surface area contributed by atoms with Crippen molar-refractivity contribution >= 4 is 40.0 Å². The van der Waals surface area contributed by atoms with Gasteiger partial charge in [-0.05, 0) is 34.7 Å². The summed E-state index contributed by atoms with van der Waals surface area (Å²) in [6.45, 7) is 0. The maximum Gasteiger partial charge on any atom is 0.182 e. The van der Waals surface area contributed by atoms with Gasteiger partial charge < -0.3 is 5.73 Å². The van der Waals surface area contributed by atoms with Crippen molar-refractivity contribution in [3.05, 3.63) is 57.3 Å². The van der Waals surface area contributed by atoms with Gasteiger partial charge in [-0.25, -0.2) is 9.97 Å². The standard InChI is InChI=1S/C15H10ClIN4/c16-10-7-4-8-19-13(10)15-20-12(11(17)14(18)21-15)9-5-2-1-3-6-9/h1-8H,(H2,18,20,21). The molecule has 4 nitrogen and oxygen atoms in total. The topological polar surface area (TPSA) is 64.7 Å². The van der Waals surface area contributed by atoms with E-state index in [1.165, 1.54) is 0 Å². The van der Waals surface area contributed by atoms with Gasteiger partial charge in [0.2, 0.25) is 0 Å². The zero-order valence-corrected chi connectivity index (χ0v) is 13.7. The highest BCUT2D eigenvalue weighted by Gasteiger charge is 2.15. The summed E-state index contributed by atoms with van der Waals surface area (Å²) < 4.78 is 0.814. The first-order chi connectivity index (χ1) is 10.2. The van der Waals surface area contributed by atoms with Gasteiger partial charge in [-0.3, -0.25) is 4.98 Å². The van der Waals surface area contributed by atoms with Crippen molar-refractivity contribution in [2.45, 2.75) is 0 Å². The molecular formula is C15H10ClIN4. The Morgan fingerprint density at radius 2 is 1.71 bits per heavy atom. The molecule has 0 radical (unpaired) electrons. The van der Waals surface area contributed by atoms with Crippen LogP contribution < -0.4 is 5.73 Å². The van der Waals surface area contributed by atoms with E-state index in [2.05, 4.69) is 37.5 Å². The molecule has 2 aromatic heterocycles. The highest BCUT2D eigenvalue weighted by molar-refractivity contribution is 14.1. The normalized spacial score (nSPS) is 10.6. The van der Waals surface area contributed by atoms with Crippen LogP contribution in [0.4, 0.5) is 5.82 Å². The second-order valence-corrected chi connectivity index (χ2v) is 5.78. The summed E-state index contributed by atoms with van der Waals surface area (Å²) in [5, 5.41) is 0.497. The summed E-state index contributed by atoms with van der Waals surface area (Å²) in [5.41, 5.74) is 8.30. The van der Waals surface area contributed by atoms with Gasteiger partial charge in [0, 0.05) is 11.8 Å². The van der Waals surface area contributed by atoms with Crippen LogP contribution in [0.15, 0.2) is 48.7 Å². The van der Waals surface area contributed by atoms with Crippen molar-refractivity contribution in [1.29, 1.82) is 0 Å². The van der Waals surface area contributed by atoms with Crippen LogP contribution in [-0.4, -0.2) is 15.0 Å². The largest absolute Gasteiger partial charge is 0.383 e. The molecule has 3 aromatic rings. The zero-order chi connectivity index (χ0) is 14.8. The van der Waals surface area contributed by atoms with Crippen molar-refractivity contribution in [2.75, 3.05) is 5.73 Å². The quantitative estimate of drug-likeness (QED) is 0.650. The third-order valence-electron chi connectivity index (χ3n) is 2.89. The van der Waals surface area contributed by atoms with Crippen molar-refractivity contribution in [3.63, 3.8) is 0 Å². The molecule has 0 bridgehead atoms. The number of pyridine rings is 1. The molecule has 104 valence electrons. The molecule has 0 aliphatic rings. The Bertz CT molecular complexity index is 793. The lowest BCUT2D eigenvalue weighted by molar-refractivity contribution is 1.14. The van der Waals surface area contributed by atoms with Gasteiger partial charge in [0.25, 0.3) is 0 Å². The Hall–Kier alpha value is -1.73. The van der Waals surface area contributed by atoms with E-state index < -0.39 is 0 Å². The van der Waals surface area contributed by atoms with E-state index in [0.29, 0.717) is 22.4 Å². The van der Waals surface area contributed by atoms with Crippen LogP contribution >= 0.6 is 34.2 Å². The number of nitrogens with zero attached hydrogens (tertiary/aromatic N) is 3. The fraction of sp³-hybridized carbons (Fsp3) is 0. The van der Waals surface area contributed by atoms with E-state index in [-0.39, 0.29) is 0 Å². The second-order valence-electron chi connectivity index (χ2n) is 4.29. The monoisotopic (exact) mass is 408 g/mol. The van der Waals surface area contributed by atoms with Crippen LogP contribution in [-0.2, 0) is 0 Å². The lowest BCUT2D eigenvalue weighted by Crippen LogP contribution is -2.03. The Morgan fingerprint density at radius 1 is 0.952 bits per heavy atom. The summed E-state index contributed by atoms with van der Waals surface area (Å²) in [7, 11) is 0. The third-order valence-corrected chi connectivity index (χ3v) is 4.26. The van der Waals surface area contributed by atoms with Gasteiger partial charge in [-0.2, -0.15) is 0 Å². The zero-order valence-electron chi connectivity index (χ0n) is 10.8. The first kappa shape index (κ1) is 14.2. The summed E-state index contributed by atoms with van der Waals surface area (Å²) in [4.78, 5) is 13.1. The number of nitrogens with two attached hydrogens (primary N) is 1. The summed E-state index contributed by atoms with van der Waals surface area (Å²) in [6.07, 6.45) is 1.65. The van der Waals surface area contributed by atoms with E-state index >= 15 is 0 Å². The van der Waals surface area contributed by atoms with Crippen LogP contribution in [0.2, 0.25) is 5.02 Å². The lowest BCUT2D eigenvalue weighted by atomic mass is 10.1. The Kier molecular flexibility index (Phi) is 4.03. The predicted octanol–water partition coefficient (Wildman–Crippen LogP) is 4.05. The molecule has 0 aliphatic carbocycles. The average Bonchev–Trinajstić information content (AvgIpc) is 2.51. The van der Waals surface area contributed by atoms with Crippen molar-refractivity contribution in [1.82, 2.24) is 15.0 Å².